The highest BCUT2D eigenvalue weighted by Crippen LogP contribution is 2.28. The molecule has 0 saturated carbocycles. The molecule has 0 unspecified atom stereocenters. The van der Waals surface area contributed by atoms with E-state index < -0.39 is 0 Å². The zero-order valence-electron chi connectivity index (χ0n) is 8.11. The molecule has 0 aromatic heterocycles. The molecule has 0 nitrogen and oxygen atoms in total. The molecule has 0 aliphatic heterocycles. The molecule has 66 valence electrons. The Morgan fingerprint density at radius 2 is 1.75 bits per heavy atom. The smallest absolute Gasteiger partial charge is 0.0445 e. The Balaban J connectivity index is 3.28. The third-order valence-electron chi connectivity index (χ3n) is 2.06. The number of hydrogen-bond acceptors (Lipinski definition) is 0. The third-order valence-corrected chi connectivity index (χ3v) is 2.37. The summed E-state index contributed by atoms with van der Waals surface area (Å²) in [4.78, 5) is 0. The van der Waals surface area contributed by atoms with Crippen LogP contribution in [0.1, 0.15) is 36.5 Å². The minimum atomic E-state index is 0.512. The Labute approximate surface area is 79.6 Å². The Morgan fingerprint density at radius 1 is 1.17 bits per heavy atom. The van der Waals surface area contributed by atoms with Crippen molar-refractivity contribution in [3.8, 4) is 0 Å². The number of halogens is 1. The maximum absolute atomic E-state index is 6.13. The molecule has 0 amide bonds. The van der Waals surface area contributed by atoms with Crippen molar-refractivity contribution in [3.63, 3.8) is 0 Å². The molecule has 0 heterocycles. The highest BCUT2D eigenvalue weighted by Gasteiger charge is 2.08. The van der Waals surface area contributed by atoms with Gasteiger partial charge in [-0.2, -0.15) is 0 Å². The van der Waals surface area contributed by atoms with E-state index in [-0.39, 0.29) is 0 Å². The second kappa shape index (κ2) is 3.49. The summed E-state index contributed by atoms with van der Waals surface area (Å²) in [5.41, 5.74) is 3.82. The van der Waals surface area contributed by atoms with Gasteiger partial charge in [0.25, 0.3) is 0 Å². The molecule has 0 radical (unpaired) electrons. The highest BCUT2D eigenvalue weighted by molar-refractivity contribution is 6.31. The SMILES string of the molecule is Cc1cc(C)c(C(C)C)c(Cl)c1. The van der Waals surface area contributed by atoms with E-state index in [9.17, 15) is 0 Å². The van der Waals surface area contributed by atoms with E-state index in [0.717, 1.165) is 5.02 Å². The van der Waals surface area contributed by atoms with Gasteiger partial charge in [-0.3, -0.25) is 0 Å². The van der Waals surface area contributed by atoms with Gasteiger partial charge in [0.1, 0.15) is 0 Å². The predicted octanol–water partition coefficient (Wildman–Crippen LogP) is 4.08. The van der Waals surface area contributed by atoms with E-state index in [1.54, 1.807) is 0 Å². The van der Waals surface area contributed by atoms with Crippen LogP contribution in [0.3, 0.4) is 0 Å². The average molecular weight is 183 g/mol. The molecular weight excluding hydrogens is 168 g/mol. The maximum Gasteiger partial charge on any atom is 0.0445 e. The summed E-state index contributed by atoms with van der Waals surface area (Å²) in [6, 6.07) is 4.21. The Bertz CT molecular complexity index is 264. The van der Waals surface area contributed by atoms with Crippen molar-refractivity contribution in [2.24, 2.45) is 0 Å². The first-order chi connectivity index (χ1) is 5.52. The first kappa shape index (κ1) is 9.60. The van der Waals surface area contributed by atoms with Gasteiger partial charge in [0.05, 0.1) is 0 Å². The lowest BCUT2D eigenvalue weighted by atomic mass is 9.96. The molecule has 0 saturated heterocycles. The normalized spacial score (nSPS) is 10.8. The van der Waals surface area contributed by atoms with Crippen LogP contribution in [-0.4, -0.2) is 0 Å². The van der Waals surface area contributed by atoms with Gasteiger partial charge in [-0.05, 0) is 42.5 Å². The quantitative estimate of drug-likeness (QED) is 0.614. The van der Waals surface area contributed by atoms with Gasteiger partial charge in [-0.15, -0.1) is 0 Å². The van der Waals surface area contributed by atoms with Gasteiger partial charge < -0.3 is 0 Å². The van der Waals surface area contributed by atoms with Crippen LogP contribution in [-0.2, 0) is 0 Å². The average Bonchev–Trinajstić information content (AvgIpc) is 1.82. The summed E-state index contributed by atoms with van der Waals surface area (Å²) >= 11 is 6.13. The lowest BCUT2D eigenvalue weighted by molar-refractivity contribution is 0.856. The fourth-order valence-corrected chi connectivity index (χ4v) is 2.20. The van der Waals surface area contributed by atoms with Crippen LogP contribution < -0.4 is 0 Å². The minimum absolute atomic E-state index is 0.512. The second-order valence-corrected chi connectivity index (χ2v) is 4.04. The Morgan fingerprint density at radius 3 is 2.17 bits per heavy atom. The van der Waals surface area contributed by atoms with E-state index in [4.69, 9.17) is 11.6 Å². The first-order valence-corrected chi connectivity index (χ1v) is 4.67. The summed E-state index contributed by atoms with van der Waals surface area (Å²) in [6.07, 6.45) is 0. The third kappa shape index (κ3) is 1.81. The number of aryl methyl sites for hydroxylation is 2. The van der Waals surface area contributed by atoms with Crippen LogP contribution in [0.5, 0.6) is 0 Å². The van der Waals surface area contributed by atoms with Gasteiger partial charge in [0.2, 0.25) is 0 Å². The molecule has 1 rings (SSSR count). The summed E-state index contributed by atoms with van der Waals surface area (Å²) in [5.74, 6) is 0.512. The van der Waals surface area contributed by atoms with E-state index in [1.165, 1.54) is 16.7 Å². The summed E-state index contributed by atoms with van der Waals surface area (Å²) in [6.45, 7) is 8.53. The monoisotopic (exact) mass is 182 g/mol. The van der Waals surface area contributed by atoms with Crippen molar-refractivity contribution in [3.05, 3.63) is 33.8 Å². The Kier molecular flexibility index (Phi) is 2.79. The van der Waals surface area contributed by atoms with Crippen molar-refractivity contribution in [2.75, 3.05) is 0 Å². The first-order valence-electron chi connectivity index (χ1n) is 4.29. The van der Waals surface area contributed by atoms with Crippen molar-refractivity contribution >= 4 is 11.6 Å². The van der Waals surface area contributed by atoms with Gasteiger partial charge in [-0.1, -0.05) is 31.5 Å². The molecule has 1 aromatic carbocycles. The summed E-state index contributed by atoms with van der Waals surface area (Å²) in [5, 5.41) is 0.905. The molecule has 12 heavy (non-hydrogen) atoms. The zero-order valence-corrected chi connectivity index (χ0v) is 8.87. The standard InChI is InChI=1S/C11H15Cl/c1-7(2)11-9(4)5-8(3)6-10(11)12/h5-7H,1-4H3. The van der Waals surface area contributed by atoms with E-state index in [0.29, 0.717) is 5.92 Å². The maximum atomic E-state index is 6.13. The highest BCUT2D eigenvalue weighted by atomic mass is 35.5. The number of hydrogen-bond donors (Lipinski definition) is 0. The van der Waals surface area contributed by atoms with Crippen LogP contribution in [0, 0.1) is 13.8 Å². The van der Waals surface area contributed by atoms with Crippen LogP contribution >= 0.6 is 11.6 Å². The molecule has 1 heteroatoms. The lowest BCUT2D eigenvalue weighted by Crippen LogP contribution is -1.94. The fourth-order valence-electron chi connectivity index (χ4n) is 1.66. The predicted molar refractivity (Wildman–Crippen MR) is 55.0 cm³/mol. The molecular formula is C11H15Cl. The molecule has 0 N–H and O–H groups in total. The van der Waals surface area contributed by atoms with Crippen molar-refractivity contribution in [1.29, 1.82) is 0 Å². The van der Waals surface area contributed by atoms with Gasteiger partial charge in [0.15, 0.2) is 0 Å². The van der Waals surface area contributed by atoms with Gasteiger partial charge >= 0.3 is 0 Å². The zero-order chi connectivity index (χ0) is 9.30. The topological polar surface area (TPSA) is 0 Å². The number of rotatable bonds is 1. The minimum Gasteiger partial charge on any atom is -0.0840 e. The van der Waals surface area contributed by atoms with Crippen molar-refractivity contribution < 1.29 is 0 Å². The van der Waals surface area contributed by atoms with Crippen molar-refractivity contribution in [1.82, 2.24) is 0 Å². The van der Waals surface area contributed by atoms with Gasteiger partial charge in [0, 0.05) is 5.02 Å². The van der Waals surface area contributed by atoms with E-state index in [2.05, 4.69) is 33.8 Å². The van der Waals surface area contributed by atoms with E-state index >= 15 is 0 Å². The van der Waals surface area contributed by atoms with E-state index in [1.807, 2.05) is 6.07 Å². The largest absolute Gasteiger partial charge is 0.0840 e. The Hall–Kier alpha value is -0.490. The molecule has 0 bridgehead atoms. The second-order valence-electron chi connectivity index (χ2n) is 3.63. The van der Waals surface area contributed by atoms with Gasteiger partial charge in [-0.25, -0.2) is 0 Å². The summed E-state index contributed by atoms with van der Waals surface area (Å²) < 4.78 is 0. The van der Waals surface area contributed by atoms with Crippen LogP contribution in [0.15, 0.2) is 12.1 Å². The summed E-state index contributed by atoms with van der Waals surface area (Å²) in [7, 11) is 0. The number of benzene rings is 1. The van der Waals surface area contributed by atoms with Crippen LogP contribution in [0.2, 0.25) is 5.02 Å². The fraction of sp³-hybridized carbons (Fsp3) is 0.455. The molecule has 0 aliphatic rings. The molecule has 1 aromatic rings. The van der Waals surface area contributed by atoms with Crippen molar-refractivity contribution in [2.45, 2.75) is 33.6 Å². The van der Waals surface area contributed by atoms with Crippen LogP contribution in [0.25, 0.3) is 0 Å². The van der Waals surface area contributed by atoms with Crippen LogP contribution in [0.4, 0.5) is 0 Å². The molecule has 0 spiro atoms. The lowest BCUT2D eigenvalue weighted by Gasteiger charge is -2.12. The molecule has 0 fully saturated rings. The molecule has 0 atom stereocenters. The molecule has 0 aliphatic carbocycles.